The van der Waals surface area contributed by atoms with Crippen LogP contribution < -0.4 is 0 Å². The molecule has 0 amide bonds. The number of carbonyl (C=O) groups is 1. The molecular formula is C10H20O2. The molecule has 0 saturated heterocycles. The van der Waals surface area contributed by atoms with E-state index in [0.29, 0.717) is 12.5 Å². The lowest BCUT2D eigenvalue weighted by Crippen LogP contribution is -2.30. The summed E-state index contributed by atoms with van der Waals surface area (Å²) in [7, 11) is 0. The first-order valence-corrected chi connectivity index (χ1v) is 4.79. The van der Waals surface area contributed by atoms with Gasteiger partial charge in [-0.1, -0.05) is 26.7 Å². The van der Waals surface area contributed by atoms with E-state index in [4.69, 9.17) is 4.74 Å². The summed E-state index contributed by atoms with van der Waals surface area (Å²) in [6.45, 7) is 8.37. The zero-order valence-electron chi connectivity index (χ0n) is 8.59. The lowest BCUT2D eigenvalue weighted by atomic mass is 9.94. The van der Waals surface area contributed by atoms with Crippen LogP contribution in [0.5, 0.6) is 0 Å². The highest BCUT2D eigenvalue weighted by Crippen LogP contribution is 2.16. The molecule has 1 atom stereocenters. The average Bonchev–Trinajstić information content (AvgIpc) is 2.05. The smallest absolute Gasteiger partial charge is 0.158 e. The minimum Gasteiger partial charge on any atom is -0.370 e. The number of hydrogen-bond donors (Lipinski definition) is 0. The summed E-state index contributed by atoms with van der Waals surface area (Å²) >= 11 is 0. The molecule has 2 heteroatoms. The molecule has 0 rings (SSSR count). The molecule has 1 unspecified atom stereocenters. The normalized spacial score (nSPS) is 13.4. The molecule has 0 aliphatic heterocycles. The van der Waals surface area contributed by atoms with E-state index < -0.39 is 0 Å². The second-order valence-corrected chi connectivity index (χ2v) is 3.06. The molecular weight excluding hydrogens is 152 g/mol. The molecule has 0 N–H and O–H groups in total. The second-order valence-electron chi connectivity index (χ2n) is 3.06. The van der Waals surface area contributed by atoms with Crippen molar-refractivity contribution in [3.8, 4) is 0 Å². The average molecular weight is 172 g/mol. The molecule has 12 heavy (non-hydrogen) atoms. The summed E-state index contributed by atoms with van der Waals surface area (Å²) in [5, 5.41) is 0. The lowest BCUT2D eigenvalue weighted by molar-refractivity contribution is -0.131. The molecule has 0 fully saturated rings. The third kappa shape index (κ3) is 3.35. The Morgan fingerprint density at radius 1 is 1.25 bits per heavy atom. The SMILES string of the molecule is CCOC(C(C)=O)C(CC)CC. The van der Waals surface area contributed by atoms with Gasteiger partial charge in [-0.15, -0.1) is 0 Å². The Kier molecular flexibility index (Phi) is 5.99. The highest BCUT2D eigenvalue weighted by molar-refractivity contribution is 5.80. The molecule has 72 valence electrons. The van der Waals surface area contributed by atoms with Crippen LogP contribution in [0.2, 0.25) is 0 Å². The number of ketones is 1. The molecule has 0 bridgehead atoms. The van der Waals surface area contributed by atoms with Crippen molar-refractivity contribution in [2.75, 3.05) is 6.61 Å². The molecule has 0 saturated carbocycles. The summed E-state index contributed by atoms with van der Waals surface area (Å²) < 4.78 is 5.40. The van der Waals surface area contributed by atoms with Crippen molar-refractivity contribution in [3.05, 3.63) is 0 Å². The van der Waals surface area contributed by atoms with E-state index in [0.717, 1.165) is 12.8 Å². The van der Waals surface area contributed by atoms with Gasteiger partial charge in [0.1, 0.15) is 6.10 Å². The molecule has 0 radical (unpaired) electrons. The standard InChI is InChI=1S/C10H20O2/c1-5-9(6-2)10(8(4)11)12-7-3/h9-10H,5-7H2,1-4H3. The van der Waals surface area contributed by atoms with Crippen LogP contribution in [0, 0.1) is 5.92 Å². The van der Waals surface area contributed by atoms with E-state index >= 15 is 0 Å². The summed E-state index contributed by atoms with van der Waals surface area (Å²) in [4.78, 5) is 11.2. The maximum absolute atomic E-state index is 11.2. The van der Waals surface area contributed by atoms with Gasteiger partial charge in [-0.3, -0.25) is 4.79 Å². The topological polar surface area (TPSA) is 26.3 Å². The van der Waals surface area contributed by atoms with Crippen LogP contribution in [-0.2, 0) is 9.53 Å². The predicted molar refractivity (Wildman–Crippen MR) is 50.2 cm³/mol. The molecule has 2 nitrogen and oxygen atoms in total. The number of hydrogen-bond acceptors (Lipinski definition) is 2. The fraction of sp³-hybridized carbons (Fsp3) is 0.900. The van der Waals surface area contributed by atoms with E-state index in [1.165, 1.54) is 0 Å². The Bertz CT molecular complexity index is 128. The lowest BCUT2D eigenvalue weighted by Gasteiger charge is -2.22. The minimum absolute atomic E-state index is 0.158. The van der Waals surface area contributed by atoms with Gasteiger partial charge in [-0.25, -0.2) is 0 Å². The fourth-order valence-electron chi connectivity index (χ4n) is 1.48. The van der Waals surface area contributed by atoms with Crippen LogP contribution in [0.25, 0.3) is 0 Å². The van der Waals surface area contributed by atoms with Crippen LogP contribution in [0.3, 0.4) is 0 Å². The first-order chi connectivity index (χ1) is 5.67. The van der Waals surface area contributed by atoms with Gasteiger partial charge in [0.05, 0.1) is 0 Å². The van der Waals surface area contributed by atoms with Gasteiger partial charge >= 0.3 is 0 Å². The van der Waals surface area contributed by atoms with Crippen molar-refractivity contribution < 1.29 is 9.53 Å². The second kappa shape index (κ2) is 6.18. The van der Waals surface area contributed by atoms with Crippen molar-refractivity contribution >= 4 is 5.78 Å². The zero-order valence-corrected chi connectivity index (χ0v) is 8.59. The van der Waals surface area contributed by atoms with E-state index in [2.05, 4.69) is 13.8 Å². The monoisotopic (exact) mass is 172 g/mol. The van der Waals surface area contributed by atoms with Gasteiger partial charge in [0, 0.05) is 6.61 Å². The Morgan fingerprint density at radius 3 is 2.00 bits per heavy atom. The van der Waals surface area contributed by atoms with Crippen molar-refractivity contribution in [3.63, 3.8) is 0 Å². The van der Waals surface area contributed by atoms with Gasteiger partial charge in [0.15, 0.2) is 5.78 Å². The Balaban J connectivity index is 4.15. The highest BCUT2D eigenvalue weighted by atomic mass is 16.5. The Hall–Kier alpha value is -0.370. The molecule has 0 aromatic heterocycles. The quantitative estimate of drug-likeness (QED) is 0.615. The predicted octanol–water partition coefficient (Wildman–Crippen LogP) is 2.42. The Morgan fingerprint density at radius 2 is 1.75 bits per heavy atom. The third-order valence-corrected chi connectivity index (χ3v) is 2.22. The van der Waals surface area contributed by atoms with Crippen LogP contribution in [0.1, 0.15) is 40.5 Å². The van der Waals surface area contributed by atoms with Crippen LogP contribution in [0.15, 0.2) is 0 Å². The number of ether oxygens (including phenoxy) is 1. The minimum atomic E-state index is -0.176. The van der Waals surface area contributed by atoms with E-state index in [1.54, 1.807) is 6.92 Å². The summed E-state index contributed by atoms with van der Waals surface area (Å²) in [6.07, 6.45) is 1.85. The zero-order chi connectivity index (χ0) is 9.56. The molecule has 0 aliphatic rings. The third-order valence-electron chi connectivity index (χ3n) is 2.22. The molecule has 0 spiro atoms. The van der Waals surface area contributed by atoms with E-state index in [1.807, 2.05) is 6.92 Å². The first-order valence-electron chi connectivity index (χ1n) is 4.79. The summed E-state index contributed by atoms with van der Waals surface area (Å²) in [6, 6.07) is 0. The van der Waals surface area contributed by atoms with Crippen molar-refractivity contribution in [1.29, 1.82) is 0 Å². The highest BCUT2D eigenvalue weighted by Gasteiger charge is 2.22. The van der Waals surface area contributed by atoms with Gasteiger partial charge in [-0.05, 0) is 19.8 Å². The number of carbonyl (C=O) groups excluding carboxylic acids is 1. The first kappa shape index (κ1) is 11.6. The van der Waals surface area contributed by atoms with Crippen LogP contribution >= 0.6 is 0 Å². The molecule has 0 heterocycles. The van der Waals surface area contributed by atoms with E-state index in [9.17, 15) is 4.79 Å². The Labute approximate surface area is 75.3 Å². The van der Waals surface area contributed by atoms with Crippen molar-refractivity contribution in [1.82, 2.24) is 0 Å². The largest absolute Gasteiger partial charge is 0.370 e. The van der Waals surface area contributed by atoms with Crippen LogP contribution in [0.4, 0.5) is 0 Å². The van der Waals surface area contributed by atoms with Gasteiger partial charge in [-0.2, -0.15) is 0 Å². The van der Waals surface area contributed by atoms with Gasteiger partial charge in [0.2, 0.25) is 0 Å². The fourth-order valence-corrected chi connectivity index (χ4v) is 1.48. The maximum Gasteiger partial charge on any atom is 0.158 e. The van der Waals surface area contributed by atoms with Crippen molar-refractivity contribution in [2.45, 2.75) is 46.6 Å². The van der Waals surface area contributed by atoms with E-state index in [-0.39, 0.29) is 11.9 Å². The number of rotatable bonds is 6. The molecule has 0 aromatic rings. The summed E-state index contributed by atoms with van der Waals surface area (Å²) in [5.41, 5.74) is 0. The molecule has 0 aliphatic carbocycles. The maximum atomic E-state index is 11.2. The van der Waals surface area contributed by atoms with Gasteiger partial charge < -0.3 is 4.74 Å². The van der Waals surface area contributed by atoms with Crippen molar-refractivity contribution in [2.24, 2.45) is 5.92 Å². The summed E-state index contributed by atoms with van der Waals surface area (Å²) in [5.74, 6) is 0.549. The van der Waals surface area contributed by atoms with Gasteiger partial charge in [0.25, 0.3) is 0 Å². The molecule has 0 aromatic carbocycles. The number of Topliss-reactive ketones (excluding diaryl/α,β-unsaturated/α-hetero) is 1. The van der Waals surface area contributed by atoms with Crippen LogP contribution in [-0.4, -0.2) is 18.5 Å².